The number of halogens is 3. The summed E-state index contributed by atoms with van der Waals surface area (Å²) in [7, 11) is 0. The topological polar surface area (TPSA) is 46.3 Å². The third-order valence-corrected chi connectivity index (χ3v) is 5.10. The molecule has 0 spiro atoms. The van der Waals surface area contributed by atoms with Gasteiger partial charge in [-0.25, -0.2) is 0 Å². The highest BCUT2D eigenvalue weighted by molar-refractivity contribution is 7.20. The van der Waals surface area contributed by atoms with Crippen molar-refractivity contribution in [3.05, 3.63) is 20.3 Å². The van der Waals surface area contributed by atoms with Crippen molar-refractivity contribution >= 4 is 52.9 Å². The molecule has 2 heterocycles. The highest BCUT2D eigenvalue weighted by Gasteiger charge is 2.26. The average Bonchev–Trinajstić information content (AvgIpc) is 2.96. The monoisotopic (exact) mass is 356 g/mol. The van der Waals surface area contributed by atoms with E-state index in [1.165, 1.54) is 11.3 Å². The van der Waals surface area contributed by atoms with Gasteiger partial charge in [-0.1, -0.05) is 23.2 Å². The van der Waals surface area contributed by atoms with Crippen molar-refractivity contribution in [2.45, 2.75) is 38.1 Å². The number of carbonyl (C=O) groups excluding carboxylic acids is 1. The van der Waals surface area contributed by atoms with Gasteiger partial charge < -0.3 is 10.6 Å². The molecule has 1 atom stereocenters. The normalized spacial score (nSPS) is 18.1. The van der Waals surface area contributed by atoms with Crippen molar-refractivity contribution in [3.63, 3.8) is 0 Å². The summed E-state index contributed by atoms with van der Waals surface area (Å²) >= 11 is 13.3. The van der Waals surface area contributed by atoms with Gasteiger partial charge in [0, 0.05) is 25.6 Å². The standard InChI is InChI=1S/C13H18Cl2N2OS.ClH/c14-11-7-9(13(15)19-11)3-1-5-12(18)17-6-2-4-10(17)8-16;/h7,10H,1-6,8,16H2;1H. The number of nitrogens with two attached hydrogens (primary N) is 1. The number of hydrogen-bond donors (Lipinski definition) is 1. The number of hydrogen-bond acceptors (Lipinski definition) is 3. The van der Waals surface area contributed by atoms with Crippen LogP contribution in [0.25, 0.3) is 0 Å². The Labute approximate surface area is 139 Å². The number of amides is 1. The number of nitrogens with zero attached hydrogens (tertiary/aromatic N) is 1. The largest absolute Gasteiger partial charge is 0.338 e. The first-order chi connectivity index (χ1) is 9.11. The van der Waals surface area contributed by atoms with Gasteiger partial charge in [-0.05, 0) is 37.3 Å². The first kappa shape index (κ1) is 18.1. The second-order valence-corrected chi connectivity index (χ2v) is 7.11. The van der Waals surface area contributed by atoms with Gasteiger partial charge in [-0.3, -0.25) is 4.79 Å². The summed E-state index contributed by atoms with van der Waals surface area (Å²) in [4.78, 5) is 14.0. The second kappa shape index (κ2) is 8.44. The predicted octanol–water partition coefficient (Wildman–Crippen LogP) is 3.75. The summed E-state index contributed by atoms with van der Waals surface area (Å²) in [5.74, 6) is 0.213. The fourth-order valence-corrected chi connectivity index (χ4v) is 4.07. The Hall–Kier alpha value is -0.0000000000000000555. The molecule has 20 heavy (non-hydrogen) atoms. The zero-order valence-corrected chi connectivity index (χ0v) is 14.3. The van der Waals surface area contributed by atoms with Crippen LogP contribution in [0.2, 0.25) is 8.67 Å². The zero-order chi connectivity index (χ0) is 13.8. The fraction of sp³-hybridized carbons (Fsp3) is 0.615. The SMILES string of the molecule is Cl.NCC1CCCN1C(=O)CCCc1cc(Cl)sc1Cl. The summed E-state index contributed by atoms with van der Waals surface area (Å²) in [5, 5.41) is 0. The lowest BCUT2D eigenvalue weighted by Gasteiger charge is -2.23. The number of likely N-dealkylation sites (tertiary alicyclic amines) is 1. The van der Waals surface area contributed by atoms with Crippen LogP contribution in [0, 0.1) is 0 Å². The molecule has 0 aromatic carbocycles. The molecule has 3 nitrogen and oxygen atoms in total. The third kappa shape index (κ3) is 4.50. The minimum atomic E-state index is 0. The maximum absolute atomic E-state index is 12.1. The van der Waals surface area contributed by atoms with E-state index in [9.17, 15) is 4.79 Å². The quantitative estimate of drug-likeness (QED) is 0.872. The fourth-order valence-electron chi connectivity index (χ4n) is 2.53. The van der Waals surface area contributed by atoms with Gasteiger partial charge >= 0.3 is 0 Å². The van der Waals surface area contributed by atoms with Crippen molar-refractivity contribution < 1.29 is 4.79 Å². The molecule has 2 rings (SSSR count). The molecule has 114 valence electrons. The minimum Gasteiger partial charge on any atom is -0.338 e. The molecule has 2 N–H and O–H groups in total. The summed E-state index contributed by atoms with van der Waals surface area (Å²) in [6.07, 6.45) is 4.27. The highest BCUT2D eigenvalue weighted by Crippen LogP contribution is 2.32. The van der Waals surface area contributed by atoms with Crippen molar-refractivity contribution in [1.29, 1.82) is 0 Å². The molecular formula is C13H19Cl3N2OS. The number of rotatable bonds is 5. The molecule has 1 unspecified atom stereocenters. The Balaban J connectivity index is 0.00000200. The summed E-state index contributed by atoms with van der Waals surface area (Å²) in [6.45, 7) is 1.42. The maximum atomic E-state index is 12.1. The average molecular weight is 358 g/mol. The molecule has 0 radical (unpaired) electrons. The molecule has 7 heteroatoms. The summed E-state index contributed by atoms with van der Waals surface area (Å²) < 4.78 is 1.44. The van der Waals surface area contributed by atoms with Crippen LogP contribution in [0.5, 0.6) is 0 Å². The Morgan fingerprint density at radius 3 is 2.85 bits per heavy atom. The number of carbonyl (C=O) groups is 1. The lowest BCUT2D eigenvalue weighted by atomic mass is 10.1. The lowest BCUT2D eigenvalue weighted by molar-refractivity contribution is -0.131. The number of aryl methyl sites for hydroxylation is 1. The Morgan fingerprint density at radius 2 is 2.25 bits per heavy atom. The van der Waals surface area contributed by atoms with Crippen molar-refractivity contribution in [2.75, 3.05) is 13.1 Å². The van der Waals surface area contributed by atoms with Gasteiger partial charge in [0.25, 0.3) is 0 Å². The Morgan fingerprint density at radius 1 is 1.50 bits per heavy atom. The van der Waals surface area contributed by atoms with Crippen LogP contribution in [0.4, 0.5) is 0 Å². The van der Waals surface area contributed by atoms with Crippen LogP contribution in [0.15, 0.2) is 6.07 Å². The minimum absolute atomic E-state index is 0. The van der Waals surface area contributed by atoms with E-state index in [-0.39, 0.29) is 24.4 Å². The smallest absolute Gasteiger partial charge is 0.222 e. The first-order valence-electron chi connectivity index (χ1n) is 6.55. The highest BCUT2D eigenvalue weighted by atomic mass is 35.5. The molecule has 1 aliphatic heterocycles. The van der Waals surface area contributed by atoms with Crippen molar-refractivity contribution in [2.24, 2.45) is 5.73 Å². The van der Waals surface area contributed by atoms with E-state index in [4.69, 9.17) is 28.9 Å². The molecule has 1 aromatic heterocycles. The van der Waals surface area contributed by atoms with Crippen LogP contribution in [-0.4, -0.2) is 29.9 Å². The summed E-state index contributed by atoms with van der Waals surface area (Å²) in [6, 6.07) is 2.13. The van der Waals surface area contributed by atoms with Crippen LogP contribution in [0.3, 0.4) is 0 Å². The van der Waals surface area contributed by atoms with Crippen molar-refractivity contribution in [3.8, 4) is 0 Å². The van der Waals surface area contributed by atoms with Gasteiger partial charge in [-0.15, -0.1) is 23.7 Å². The number of thiophene rings is 1. The maximum Gasteiger partial charge on any atom is 0.222 e. The van der Waals surface area contributed by atoms with Crippen LogP contribution >= 0.6 is 46.9 Å². The Kier molecular flexibility index (Phi) is 7.62. The van der Waals surface area contributed by atoms with Crippen LogP contribution in [0.1, 0.15) is 31.2 Å². The Bertz CT molecular complexity index is 453. The van der Waals surface area contributed by atoms with Crippen molar-refractivity contribution in [1.82, 2.24) is 4.90 Å². The van der Waals surface area contributed by atoms with E-state index in [1.54, 1.807) is 0 Å². The molecule has 1 aromatic rings. The molecule has 0 bridgehead atoms. The van der Waals surface area contributed by atoms with Gasteiger partial charge in [0.2, 0.25) is 5.91 Å². The van der Waals surface area contributed by atoms with E-state index in [2.05, 4.69) is 0 Å². The molecule has 0 saturated carbocycles. The third-order valence-electron chi connectivity index (χ3n) is 3.53. The second-order valence-electron chi connectivity index (χ2n) is 4.82. The van der Waals surface area contributed by atoms with Gasteiger partial charge in [0.05, 0.1) is 8.67 Å². The zero-order valence-electron chi connectivity index (χ0n) is 11.1. The molecule has 1 saturated heterocycles. The van der Waals surface area contributed by atoms with E-state index >= 15 is 0 Å². The van der Waals surface area contributed by atoms with E-state index in [0.29, 0.717) is 17.3 Å². The van der Waals surface area contributed by atoms with E-state index < -0.39 is 0 Å². The molecule has 1 aliphatic rings. The molecular weight excluding hydrogens is 339 g/mol. The molecule has 1 amide bonds. The molecule has 1 fully saturated rings. The van der Waals surface area contributed by atoms with E-state index in [0.717, 1.165) is 42.1 Å². The van der Waals surface area contributed by atoms with Gasteiger partial charge in [-0.2, -0.15) is 0 Å². The lowest BCUT2D eigenvalue weighted by Crippen LogP contribution is -2.39. The van der Waals surface area contributed by atoms with Crippen LogP contribution in [-0.2, 0) is 11.2 Å². The first-order valence-corrected chi connectivity index (χ1v) is 8.12. The van der Waals surface area contributed by atoms with Gasteiger partial charge in [0.15, 0.2) is 0 Å². The molecule has 0 aliphatic carbocycles. The summed E-state index contributed by atoms with van der Waals surface area (Å²) in [5.41, 5.74) is 6.72. The van der Waals surface area contributed by atoms with Gasteiger partial charge in [0.1, 0.15) is 0 Å². The van der Waals surface area contributed by atoms with Crippen LogP contribution < -0.4 is 5.73 Å². The predicted molar refractivity (Wildman–Crippen MR) is 88.3 cm³/mol. The van der Waals surface area contributed by atoms with E-state index in [1.807, 2.05) is 11.0 Å².